The Kier molecular flexibility index (Phi) is 3.39. The predicted molar refractivity (Wildman–Crippen MR) is 91.1 cm³/mol. The Bertz CT molecular complexity index is 890. The van der Waals surface area contributed by atoms with Crippen LogP contribution in [0.25, 0.3) is 11.1 Å². The third kappa shape index (κ3) is 1.81. The van der Waals surface area contributed by atoms with E-state index < -0.39 is 34.5 Å². The Morgan fingerprint density at radius 1 is 0.880 bits per heavy atom. The molecule has 1 aromatic rings. The standard InChI is InChI=1S/C20H16O5/c1-8-13-6-14-9(2)20(11(4)22,12(5)23)19(25)16(14)7-15(13)18(24)17(8)10(3)21/h6-7,17H,1-2H2,3-5H3. The Hall–Kier alpha value is -2.95. The molecule has 0 radical (unpaired) electrons. The lowest BCUT2D eigenvalue weighted by Crippen LogP contribution is -2.41. The number of Topliss-reactive ketones (excluding diaryl/α,β-unsaturated/α-hetero) is 5. The highest BCUT2D eigenvalue weighted by atomic mass is 16.2. The summed E-state index contributed by atoms with van der Waals surface area (Å²) in [5, 5.41) is 0. The number of hydrogen-bond donors (Lipinski definition) is 0. The molecule has 0 N–H and O–H groups in total. The molecule has 1 atom stereocenters. The SMILES string of the molecule is C=C1c2cc3c(cc2C(=O)C1C(C)=O)C(=O)C(C(C)=O)(C(C)=O)C3=C. The van der Waals surface area contributed by atoms with Gasteiger partial charge in [0, 0.05) is 11.1 Å². The Labute approximate surface area is 144 Å². The lowest BCUT2D eigenvalue weighted by atomic mass is 9.74. The molecule has 5 nitrogen and oxygen atoms in total. The van der Waals surface area contributed by atoms with Crippen LogP contribution in [0.1, 0.15) is 52.6 Å². The van der Waals surface area contributed by atoms with Gasteiger partial charge in [-0.05, 0) is 55.2 Å². The topological polar surface area (TPSA) is 85.3 Å². The van der Waals surface area contributed by atoms with Crippen molar-refractivity contribution in [2.24, 2.45) is 11.3 Å². The zero-order valence-corrected chi connectivity index (χ0v) is 14.2. The average Bonchev–Trinajstić information content (AvgIpc) is 2.89. The van der Waals surface area contributed by atoms with Crippen molar-refractivity contribution in [3.63, 3.8) is 0 Å². The molecular formula is C20H16O5. The fourth-order valence-electron chi connectivity index (χ4n) is 3.94. The van der Waals surface area contributed by atoms with Crippen molar-refractivity contribution in [3.8, 4) is 0 Å². The first-order chi connectivity index (χ1) is 11.6. The number of hydrogen-bond acceptors (Lipinski definition) is 5. The van der Waals surface area contributed by atoms with Gasteiger partial charge in [-0.2, -0.15) is 0 Å². The molecule has 0 saturated heterocycles. The number of ketones is 5. The Morgan fingerprint density at radius 3 is 1.88 bits per heavy atom. The third-order valence-corrected chi connectivity index (χ3v) is 5.21. The monoisotopic (exact) mass is 336 g/mol. The Balaban J connectivity index is 2.28. The van der Waals surface area contributed by atoms with Crippen LogP contribution in [0.2, 0.25) is 0 Å². The number of carbonyl (C=O) groups is 5. The molecular weight excluding hydrogens is 320 g/mol. The van der Waals surface area contributed by atoms with Gasteiger partial charge in [0.25, 0.3) is 0 Å². The fourth-order valence-corrected chi connectivity index (χ4v) is 3.94. The maximum absolute atomic E-state index is 12.9. The van der Waals surface area contributed by atoms with Gasteiger partial charge in [0.1, 0.15) is 11.7 Å². The number of rotatable bonds is 3. The minimum absolute atomic E-state index is 0.111. The van der Waals surface area contributed by atoms with E-state index in [0.29, 0.717) is 16.7 Å². The zero-order chi connectivity index (χ0) is 18.8. The molecule has 2 aliphatic rings. The van der Waals surface area contributed by atoms with Crippen LogP contribution in [-0.4, -0.2) is 28.9 Å². The van der Waals surface area contributed by atoms with Gasteiger partial charge in [0.05, 0.1) is 0 Å². The lowest BCUT2D eigenvalue weighted by molar-refractivity contribution is -0.131. The molecule has 1 aromatic carbocycles. The van der Waals surface area contributed by atoms with E-state index in [2.05, 4.69) is 13.2 Å². The van der Waals surface area contributed by atoms with E-state index in [0.717, 1.165) is 0 Å². The minimum atomic E-state index is -1.93. The van der Waals surface area contributed by atoms with Crippen LogP contribution in [0.3, 0.4) is 0 Å². The molecule has 0 heterocycles. The quantitative estimate of drug-likeness (QED) is 0.792. The van der Waals surface area contributed by atoms with Gasteiger partial charge in [-0.25, -0.2) is 0 Å². The first kappa shape index (κ1) is 16.9. The highest BCUT2D eigenvalue weighted by Crippen LogP contribution is 2.50. The van der Waals surface area contributed by atoms with Crippen LogP contribution in [0.15, 0.2) is 25.3 Å². The second kappa shape index (κ2) is 5.02. The van der Waals surface area contributed by atoms with Gasteiger partial charge in [-0.1, -0.05) is 13.2 Å². The molecule has 0 fully saturated rings. The summed E-state index contributed by atoms with van der Waals surface area (Å²) in [6.07, 6.45) is 0. The summed E-state index contributed by atoms with van der Waals surface area (Å²) in [4.78, 5) is 61.6. The molecule has 1 unspecified atom stereocenters. The van der Waals surface area contributed by atoms with Crippen molar-refractivity contribution < 1.29 is 24.0 Å². The first-order valence-electron chi connectivity index (χ1n) is 7.75. The molecule has 3 rings (SSSR count). The number of allylic oxidation sites excluding steroid dienone is 2. The van der Waals surface area contributed by atoms with Crippen LogP contribution in [-0.2, 0) is 14.4 Å². The van der Waals surface area contributed by atoms with Crippen LogP contribution in [0, 0.1) is 11.3 Å². The summed E-state index contributed by atoms with van der Waals surface area (Å²) in [7, 11) is 0. The summed E-state index contributed by atoms with van der Waals surface area (Å²) < 4.78 is 0. The van der Waals surface area contributed by atoms with Crippen molar-refractivity contribution in [3.05, 3.63) is 47.5 Å². The number of carbonyl (C=O) groups excluding carboxylic acids is 5. The lowest BCUT2D eigenvalue weighted by Gasteiger charge is -2.22. The average molecular weight is 336 g/mol. The van der Waals surface area contributed by atoms with E-state index in [1.807, 2.05) is 0 Å². The van der Waals surface area contributed by atoms with Crippen molar-refractivity contribution >= 4 is 40.1 Å². The molecule has 0 saturated carbocycles. The molecule has 0 spiro atoms. The van der Waals surface area contributed by atoms with Gasteiger partial charge in [0.2, 0.25) is 0 Å². The second-order valence-electron chi connectivity index (χ2n) is 6.55. The van der Waals surface area contributed by atoms with Crippen LogP contribution >= 0.6 is 0 Å². The van der Waals surface area contributed by atoms with Gasteiger partial charge in [0.15, 0.2) is 28.5 Å². The van der Waals surface area contributed by atoms with Gasteiger partial charge >= 0.3 is 0 Å². The van der Waals surface area contributed by atoms with Crippen molar-refractivity contribution in [1.82, 2.24) is 0 Å². The molecule has 0 aliphatic heterocycles. The van der Waals surface area contributed by atoms with Gasteiger partial charge in [-0.15, -0.1) is 0 Å². The predicted octanol–water partition coefficient (Wildman–Crippen LogP) is 2.48. The van der Waals surface area contributed by atoms with Crippen LogP contribution < -0.4 is 0 Å². The summed E-state index contributed by atoms with van der Waals surface area (Å²) in [6, 6.07) is 2.91. The van der Waals surface area contributed by atoms with E-state index in [1.54, 1.807) is 6.07 Å². The van der Waals surface area contributed by atoms with Crippen LogP contribution in [0.5, 0.6) is 0 Å². The summed E-state index contributed by atoms with van der Waals surface area (Å²) in [5.41, 5.74) is -0.317. The van der Waals surface area contributed by atoms with Crippen molar-refractivity contribution in [1.29, 1.82) is 0 Å². The molecule has 5 heteroatoms. The maximum Gasteiger partial charge on any atom is 0.188 e. The largest absolute Gasteiger partial charge is 0.299 e. The number of fused-ring (bicyclic) bond motifs is 2. The number of benzene rings is 1. The normalized spacial score (nSPS) is 20.5. The van der Waals surface area contributed by atoms with Gasteiger partial charge < -0.3 is 0 Å². The van der Waals surface area contributed by atoms with E-state index in [9.17, 15) is 24.0 Å². The summed E-state index contributed by atoms with van der Waals surface area (Å²) in [5.74, 6) is -3.56. The maximum atomic E-state index is 12.9. The smallest absolute Gasteiger partial charge is 0.188 e. The van der Waals surface area contributed by atoms with Crippen LogP contribution in [0.4, 0.5) is 0 Å². The second-order valence-corrected chi connectivity index (χ2v) is 6.55. The Morgan fingerprint density at radius 2 is 1.40 bits per heavy atom. The van der Waals surface area contributed by atoms with E-state index in [1.165, 1.54) is 26.8 Å². The molecule has 0 amide bonds. The molecule has 25 heavy (non-hydrogen) atoms. The van der Waals surface area contributed by atoms with E-state index >= 15 is 0 Å². The van der Waals surface area contributed by atoms with Gasteiger partial charge in [-0.3, -0.25) is 24.0 Å². The summed E-state index contributed by atoms with van der Waals surface area (Å²) >= 11 is 0. The highest BCUT2D eigenvalue weighted by Gasteiger charge is 2.56. The fraction of sp³-hybridized carbons (Fsp3) is 0.250. The van der Waals surface area contributed by atoms with E-state index in [4.69, 9.17) is 0 Å². The zero-order valence-electron chi connectivity index (χ0n) is 14.2. The van der Waals surface area contributed by atoms with E-state index in [-0.39, 0.29) is 22.5 Å². The molecule has 2 aliphatic carbocycles. The highest BCUT2D eigenvalue weighted by molar-refractivity contribution is 6.40. The molecule has 126 valence electrons. The summed E-state index contributed by atoms with van der Waals surface area (Å²) in [6.45, 7) is 11.3. The van der Waals surface area contributed by atoms with Crippen molar-refractivity contribution in [2.45, 2.75) is 20.8 Å². The van der Waals surface area contributed by atoms with Crippen molar-refractivity contribution in [2.75, 3.05) is 0 Å². The first-order valence-corrected chi connectivity index (χ1v) is 7.75. The molecule has 0 aromatic heterocycles. The molecule has 0 bridgehead atoms. The minimum Gasteiger partial charge on any atom is -0.299 e. The third-order valence-electron chi connectivity index (χ3n) is 5.21.